The maximum Gasteiger partial charge on any atom is 0.134 e. The molecule has 0 amide bonds. The summed E-state index contributed by atoms with van der Waals surface area (Å²) >= 11 is 0. The van der Waals surface area contributed by atoms with Crippen molar-refractivity contribution in [3.05, 3.63) is 11.9 Å². The van der Waals surface area contributed by atoms with Gasteiger partial charge in [-0.15, -0.1) is 0 Å². The lowest BCUT2D eigenvalue weighted by Crippen LogP contribution is -2.33. The third-order valence-corrected chi connectivity index (χ3v) is 2.81. The highest BCUT2D eigenvalue weighted by Gasteiger charge is 2.13. The van der Waals surface area contributed by atoms with E-state index in [1.54, 1.807) is 0 Å². The molecule has 1 aromatic heterocycles. The Balaban J connectivity index is 3.02. The van der Waals surface area contributed by atoms with Gasteiger partial charge in [-0.05, 0) is 20.3 Å². The Hall–Kier alpha value is -1.36. The lowest BCUT2D eigenvalue weighted by Gasteiger charge is -2.28. The standard InChI is InChI=1S/C13H24N4O/c1-5-11-15-12(14-4)9-13(16-11)17(10(2)3)7-6-8-18/h9-10,18H,5-8H2,1-4H3,(H,14,15,16). The minimum atomic E-state index is 0.202. The molecule has 1 rings (SSSR count). The van der Waals surface area contributed by atoms with Gasteiger partial charge in [0.1, 0.15) is 17.5 Å². The molecule has 5 nitrogen and oxygen atoms in total. The molecule has 2 N–H and O–H groups in total. The first-order chi connectivity index (χ1) is 8.62. The summed E-state index contributed by atoms with van der Waals surface area (Å²) < 4.78 is 0. The number of nitrogens with one attached hydrogen (secondary N) is 1. The fourth-order valence-electron chi connectivity index (χ4n) is 1.79. The van der Waals surface area contributed by atoms with Crippen molar-refractivity contribution in [3.8, 4) is 0 Å². The second-order valence-corrected chi connectivity index (χ2v) is 4.50. The van der Waals surface area contributed by atoms with Gasteiger partial charge in [0.05, 0.1) is 0 Å². The second-order valence-electron chi connectivity index (χ2n) is 4.50. The van der Waals surface area contributed by atoms with E-state index in [0.29, 0.717) is 6.04 Å². The van der Waals surface area contributed by atoms with Gasteiger partial charge < -0.3 is 15.3 Å². The number of nitrogens with zero attached hydrogens (tertiary/aromatic N) is 3. The molecular formula is C13H24N4O. The third kappa shape index (κ3) is 3.84. The molecule has 1 heterocycles. The molecule has 0 spiro atoms. The summed E-state index contributed by atoms with van der Waals surface area (Å²) in [5.41, 5.74) is 0. The molecule has 102 valence electrons. The quantitative estimate of drug-likeness (QED) is 0.773. The van der Waals surface area contributed by atoms with Crippen molar-refractivity contribution >= 4 is 11.6 Å². The summed E-state index contributed by atoms with van der Waals surface area (Å²) in [7, 11) is 1.86. The van der Waals surface area contributed by atoms with Gasteiger partial charge in [0.25, 0.3) is 0 Å². The van der Waals surface area contributed by atoms with E-state index >= 15 is 0 Å². The molecule has 0 aliphatic carbocycles. The molecule has 0 aliphatic rings. The van der Waals surface area contributed by atoms with Gasteiger partial charge in [-0.2, -0.15) is 0 Å². The molecule has 0 atom stereocenters. The monoisotopic (exact) mass is 252 g/mol. The van der Waals surface area contributed by atoms with Gasteiger partial charge in [0.15, 0.2) is 0 Å². The number of aromatic nitrogens is 2. The predicted molar refractivity (Wildman–Crippen MR) is 75.1 cm³/mol. The summed E-state index contributed by atoms with van der Waals surface area (Å²) in [6.07, 6.45) is 1.56. The Bertz CT molecular complexity index is 346. The van der Waals surface area contributed by atoms with Crippen LogP contribution in [0, 0.1) is 0 Å². The van der Waals surface area contributed by atoms with Crippen LogP contribution in [0.25, 0.3) is 0 Å². The normalized spacial score (nSPS) is 10.8. The molecule has 0 fully saturated rings. The predicted octanol–water partition coefficient (Wildman–Crippen LogP) is 1.68. The van der Waals surface area contributed by atoms with Gasteiger partial charge in [0.2, 0.25) is 0 Å². The van der Waals surface area contributed by atoms with Crippen LogP contribution in [-0.4, -0.2) is 41.3 Å². The lowest BCUT2D eigenvalue weighted by atomic mass is 10.2. The molecule has 18 heavy (non-hydrogen) atoms. The average molecular weight is 252 g/mol. The Morgan fingerprint density at radius 1 is 1.39 bits per heavy atom. The summed E-state index contributed by atoms with van der Waals surface area (Å²) in [4.78, 5) is 11.2. The van der Waals surface area contributed by atoms with Crippen LogP contribution in [0.1, 0.15) is 33.0 Å². The van der Waals surface area contributed by atoms with Crippen LogP contribution < -0.4 is 10.2 Å². The summed E-state index contributed by atoms with van der Waals surface area (Å²) in [6, 6.07) is 2.30. The Labute approximate surface area is 109 Å². The maximum atomic E-state index is 8.97. The molecule has 0 saturated carbocycles. The topological polar surface area (TPSA) is 61.3 Å². The fraction of sp³-hybridized carbons (Fsp3) is 0.692. The molecule has 0 aliphatic heterocycles. The minimum absolute atomic E-state index is 0.202. The van der Waals surface area contributed by atoms with Crippen LogP contribution in [0.5, 0.6) is 0 Å². The number of hydrogen-bond acceptors (Lipinski definition) is 5. The summed E-state index contributed by atoms with van der Waals surface area (Å²) in [5.74, 6) is 2.60. The van der Waals surface area contributed by atoms with Crippen LogP contribution in [0.4, 0.5) is 11.6 Å². The van der Waals surface area contributed by atoms with E-state index in [-0.39, 0.29) is 6.61 Å². The number of rotatable bonds is 7. The van der Waals surface area contributed by atoms with E-state index < -0.39 is 0 Å². The van der Waals surface area contributed by atoms with Crippen molar-refractivity contribution in [2.24, 2.45) is 0 Å². The first-order valence-electron chi connectivity index (χ1n) is 6.55. The van der Waals surface area contributed by atoms with Crippen LogP contribution in [-0.2, 0) is 6.42 Å². The zero-order valence-electron chi connectivity index (χ0n) is 11.8. The van der Waals surface area contributed by atoms with Gasteiger partial charge in [0, 0.05) is 38.7 Å². The van der Waals surface area contributed by atoms with Gasteiger partial charge in [-0.1, -0.05) is 6.92 Å². The van der Waals surface area contributed by atoms with Crippen molar-refractivity contribution < 1.29 is 5.11 Å². The smallest absolute Gasteiger partial charge is 0.134 e. The second kappa shape index (κ2) is 7.16. The van der Waals surface area contributed by atoms with E-state index in [0.717, 1.165) is 36.8 Å². The Morgan fingerprint density at radius 2 is 2.11 bits per heavy atom. The Kier molecular flexibility index (Phi) is 5.85. The van der Waals surface area contributed by atoms with Gasteiger partial charge >= 0.3 is 0 Å². The van der Waals surface area contributed by atoms with E-state index in [2.05, 4.69) is 34.0 Å². The molecule has 0 unspecified atom stereocenters. The highest BCUT2D eigenvalue weighted by Crippen LogP contribution is 2.18. The summed E-state index contributed by atoms with van der Waals surface area (Å²) in [5, 5.41) is 12.0. The van der Waals surface area contributed by atoms with Crippen molar-refractivity contribution in [2.75, 3.05) is 30.4 Å². The first-order valence-corrected chi connectivity index (χ1v) is 6.55. The number of aliphatic hydroxyl groups is 1. The average Bonchev–Trinajstić information content (AvgIpc) is 2.38. The van der Waals surface area contributed by atoms with Gasteiger partial charge in [-0.3, -0.25) is 0 Å². The molecule has 0 radical (unpaired) electrons. The number of aryl methyl sites for hydroxylation is 1. The van der Waals surface area contributed by atoms with E-state index in [1.807, 2.05) is 20.0 Å². The number of hydrogen-bond donors (Lipinski definition) is 2. The molecule has 5 heteroatoms. The zero-order valence-corrected chi connectivity index (χ0v) is 11.8. The van der Waals surface area contributed by atoms with Crippen LogP contribution in [0.2, 0.25) is 0 Å². The Morgan fingerprint density at radius 3 is 2.61 bits per heavy atom. The van der Waals surface area contributed by atoms with Crippen LogP contribution in [0.3, 0.4) is 0 Å². The zero-order chi connectivity index (χ0) is 13.5. The SMILES string of the molecule is CCc1nc(NC)cc(N(CCCO)C(C)C)n1. The van der Waals surface area contributed by atoms with E-state index in [1.165, 1.54) is 0 Å². The largest absolute Gasteiger partial charge is 0.396 e. The van der Waals surface area contributed by atoms with Crippen molar-refractivity contribution in [1.82, 2.24) is 9.97 Å². The van der Waals surface area contributed by atoms with Gasteiger partial charge in [-0.25, -0.2) is 9.97 Å². The highest BCUT2D eigenvalue weighted by atomic mass is 16.3. The molecule has 1 aromatic rings. The fourth-order valence-corrected chi connectivity index (χ4v) is 1.79. The highest BCUT2D eigenvalue weighted by molar-refractivity contribution is 5.49. The van der Waals surface area contributed by atoms with Crippen LogP contribution >= 0.6 is 0 Å². The molecule has 0 aromatic carbocycles. The van der Waals surface area contributed by atoms with Crippen molar-refractivity contribution in [1.29, 1.82) is 0 Å². The van der Waals surface area contributed by atoms with Crippen LogP contribution in [0.15, 0.2) is 6.07 Å². The molecule has 0 saturated heterocycles. The maximum absolute atomic E-state index is 8.97. The third-order valence-electron chi connectivity index (χ3n) is 2.81. The lowest BCUT2D eigenvalue weighted by molar-refractivity contribution is 0.288. The van der Waals surface area contributed by atoms with E-state index in [9.17, 15) is 0 Å². The number of anilines is 2. The van der Waals surface area contributed by atoms with E-state index in [4.69, 9.17) is 5.11 Å². The minimum Gasteiger partial charge on any atom is -0.396 e. The molecule has 0 bridgehead atoms. The van der Waals surface area contributed by atoms with Crippen molar-refractivity contribution in [3.63, 3.8) is 0 Å². The number of aliphatic hydroxyl groups excluding tert-OH is 1. The van der Waals surface area contributed by atoms with Crippen molar-refractivity contribution in [2.45, 2.75) is 39.7 Å². The summed E-state index contributed by atoms with van der Waals surface area (Å²) in [6.45, 7) is 7.31. The first kappa shape index (κ1) is 14.7. The molecular weight excluding hydrogens is 228 g/mol.